The average molecular weight is 368 g/mol. The largest absolute Gasteiger partial charge is 0.489 e. The number of nitrogens with one attached hydrogen (secondary N) is 1. The molecule has 1 aliphatic rings. The molecule has 8 heteroatoms. The highest BCUT2D eigenvalue weighted by Gasteiger charge is 2.33. The second kappa shape index (κ2) is 7.86. The number of hydrogen-bond acceptors (Lipinski definition) is 5. The normalized spacial score (nSPS) is 18.8. The Morgan fingerprint density at radius 1 is 1.32 bits per heavy atom. The van der Waals surface area contributed by atoms with Crippen LogP contribution in [0, 0.1) is 0 Å². The molecule has 0 radical (unpaired) electrons. The van der Waals surface area contributed by atoms with Gasteiger partial charge in [0.2, 0.25) is 11.8 Å². The van der Waals surface area contributed by atoms with Crippen molar-refractivity contribution < 1.29 is 22.7 Å². The van der Waals surface area contributed by atoms with Gasteiger partial charge < -0.3 is 15.0 Å². The number of anilines is 1. The van der Waals surface area contributed by atoms with E-state index in [1.54, 1.807) is 24.3 Å². The zero-order valence-corrected chi connectivity index (χ0v) is 15.5. The Bertz CT molecular complexity index is 745. The van der Waals surface area contributed by atoms with Gasteiger partial charge in [0.25, 0.3) is 0 Å². The van der Waals surface area contributed by atoms with E-state index in [0.717, 1.165) is 0 Å². The topological polar surface area (TPSA) is 92.8 Å². The fourth-order valence-electron chi connectivity index (χ4n) is 2.67. The Hall–Kier alpha value is -2.09. The number of benzene rings is 1. The van der Waals surface area contributed by atoms with Crippen LogP contribution in [-0.4, -0.2) is 55.8 Å². The molecule has 0 spiro atoms. The summed E-state index contributed by atoms with van der Waals surface area (Å²) in [5.41, 5.74) is 0.500. The van der Waals surface area contributed by atoms with Crippen LogP contribution in [0.3, 0.4) is 0 Å². The molecule has 25 heavy (non-hydrogen) atoms. The van der Waals surface area contributed by atoms with E-state index in [4.69, 9.17) is 4.74 Å². The molecule has 2 rings (SSSR count). The number of hydrogen-bond donors (Lipinski definition) is 1. The Morgan fingerprint density at radius 3 is 2.60 bits per heavy atom. The van der Waals surface area contributed by atoms with Crippen LogP contribution < -0.4 is 10.1 Å². The lowest BCUT2D eigenvalue weighted by Crippen LogP contribution is -2.39. The van der Waals surface area contributed by atoms with Gasteiger partial charge in [-0.1, -0.05) is 12.1 Å². The van der Waals surface area contributed by atoms with E-state index in [2.05, 4.69) is 5.32 Å². The highest BCUT2D eigenvalue weighted by molar-refractivity contribution is 7.91. The SMILES string of the molecule is CC(C)Oc1ccccc1NC(=O)CC(=O)N(C)C1CCS(=O)(=O)C1. The molecular weight excluding hydrogens is 344 g/mol. The lowest BCUT2D eigenvalue weighted by atomic mass is 10.2. The predicted molar refractivity (Wildman–Crippen MR) is 95.3 cm³/mol. The quantitative estimate of drug-likeness (QED) is 0.767. The Morgan fingerprint density at radius 2 is 2.00 bits per heavy atom. The van der Waals surface area contributed by atoms with Crippen molar-refractivity contribution in [2.45, 2.75) is 38.8 Å². The summed E-state index contributed by atoms with van der Waals surface area (Å²) in [6.45, 7) is 3.76. The lowest BCUT2D eigenvalue weighted by Gasteiger charge is -2.23. The summed E-state index contributed by atoms with van der Waals surface area (Å²) in [5.74, 6) is -0.281. The van der Waals surface area contributed by atoms with Crippen LogP contribution in [0.15, 0.2) is 24.3 Å². The molecule has 1 atom stereocenters. The molecule has 1 unspecified atom stereocenters. The summed E-state index contributed by atoms with van der Waals surface area (Å²) in [7, 11) is -1.54. The highest BCUT2D eigenvalue weighted by atomic mass is 32.2. The fourth-order valence-corrected chi connectivity index (χ4v) is 4.44. The van der Waals surface area contributed by atoms with Crippen LogP contribution in [-0.2, 0) is 19.4 Å². The van der Waals surface area contributed by atoms with Crippen LogP contribution in [0.2, 0.25) is 0 Å². The molecule has 0 aliphatic carbocycles. The molecule has 2 amide bonds. The van der Waals surface area contributed by atoms with E-state index in [1.807, 2.05) is 13.8 Å². The standard InChI is InChI=1S/C17H24N2O5S/c1-12(2)24-15-7-5-4-6-14(15)18-16(20)10-17(21)19(3)13-8-9-25(22,23)11-13/h4-7,12-13H,8-11H2,1-3H3,(H,18,20). The van der Waals surface area contributed by atoms with E-state index < -0.39 is 21.7 Å². The van der Waals surface area contributed by atoms with E-state index in [9.17, 15) is 18.0 Å². The number of carbonyl (C=O) groups is 2. The third kappa shape index (κ3) is 5.45. The number of nitrogens with zero attached hydrogens (tertiary/aromatic N) is 1. The molecular formula is C17H24N2O5S. The minimum Gasteiger partial charge on any atom is -0.489 e. The van der Waals surface area contributed by atoms with Crippen molar-refractivity contribution in [3.05, 3.63) is 24.3 Å². The van der Waals surface area contributed by atoms with Gasteiger partial charge >= 0.3 is 0 Å². The summed E-state index contributed by atoms with van der Waals surface area (Å²) in [6, 6.07) is 6.65. The highest BCUT2D eigenvalue weighted by Crippen LogP contribution is 2.25. The maximum atomic E-state index is 12.2. The minimum absolute atomic E-state index is 0.0398. The second-order valence-corrected chi connectivity index (χ2v) is 8.68. The van der Waals surface area contributed by atoms with E-state index in [1.165, 1.54) is 11.9 Å². The van der Waals surface area contributed by atoms with Gasteiger partial charge in [0.05, 0.1) is 23.3 Å². The molecule has 0 bridgehead atoms. The molecule has 0 aromatic heterocycles. The van der Waals surface area contributed by atoms with E-state index >= 15 is 0 Å². The summed E-state index contributed by atoms with van der Waals surface area (Å²) in [4.78, 5) is 25.8. The van der Waals surface area contributed by atoms with Crippen LogP contribution >= 0.6 is 0 Å². The fraction of sp³-hybridized carbons (Fsp3) is 0.529. The number of amides is 2. The molecule has 1 saturated heterocycles. The van der Waals surface area contributed by atoms with Crippen molar-refractivity contribution in [2.75, 3.05) is 23.9 Å². The van der Waals surface area contributed by atoms with E-state index in [-0.39, 0.29) is 30.1 Å². The Balaban J connectivity index is 1.95. The van der Waals surface area contributed by atoms with Gasteiger partial charge in [0.15, 0.2) is 9.84 Å². The average Bonchev–Trinajstić information content (AvgIpc) is 2.88. The number of sulfone groups is 1. The van der Waals surface area contributed by atoms with Crippen LogP contribution in [0.4, 0.5) is 5.69 Å². The van der Waals surface area contributed by atoms with Crippen LogP contribution in [0.1, 0.15) is 26.7 Å². The maximum absolute atomic E-state index is 12.2. The smallest absolute Gasteiger partial charge is 0.233 e. The lowest BCUT2D eigenvalue weighted by molar-refractivity contribution is -0.134. The number of ether oxygens (including phenoxy) is 1. The summed E-state index contributed by atoms with van der Waals surface area (Å²) in [6.07, 6.45) is 0.0236. The van der Waals surface area contributed by atoms with Gasteiger partial charge in [-0.15, -0.1) is 0 Å². The molecule has 1 aromatic rings. The van der Waals surface area contributed by atoms with Crippen molar-refractivity contribution in [1.82, 2.24) is 4.90 Å². The first-order chi connectivity index (χ1) is 11.7. The van der Waals surface area contributed by atoms with Crippen LogP contribution in [0.5, 0.6) is 5.75 Å². The zero-order valence-electron chi connectivity index (χ0n) is 14.7. The molecule has 7 nitrogen and oxygen atoms in total. The van der Waals surface area contributed by atoms with Gasteiger partial charge in [0, 0.05) is 13.1 Å². The van der Waals surface area contributed by atoms with Crippen molar-refractivity contribution >= 4 is 27.3 Å². The Kier molecular flexibility index (Phi) is 6.05. The molecule has 138 valence electrons. The third-order valence-electron chi connectivity index (χ3n) is 3.99. The van der Waals surface area contributed by atoms with E-state index in [0.29, 0.717) is 17.9 Å². The molecule has 1 fully saturated rings. The first-order valence-electron chi connectivity index (χ1n) is 8.19. The van der Waals surface area contributed by atoms with Crippen LogP contribution in [0.25, 0.3) is 0 Å². The second-order valence-electron chi connectivity index (χ2n) is 6.45. The van der Waals surface area contributed by atoms with Gasteiger partial charge in [-0.05, 0) is 32.4 Å². The maximum Gasteiger partial charge on any atom is 0.233 e. The minimum atomic E-state index is -3.08. The molecule has 1 heterocycles. The van der Waals surface area contributed by atoms with Gasteiger partial charge in [-0.3, -0.25) is 9.59 Å². The summed E-state index contributed by atoms with van der Waals surface area (Å²) >= 11 is 0. The van der Waals surface area contributed by atoms with Crippen molar-refractivity contribution in [3.63, 3.8) is 0 Å². The number of carbonyl (C=O) groups excluding carboxylic acids is 2. The van der Waals surface area contributed by atoms with Crippen molar-refractivity contribution in [3.8, 4) is 5.75 Å². The zero-order chi connectivity index (χ0) is 18.6. The third-order valence-corrected chi connectivity index (χ3v) is 5.74. The first-order valence-corrected chi connectivity index (χ1v) is 10.0. The predicted octanol–water partition coefficient (Wildman–Crippen LogP) is 1.45. The van der Waals surface area contributed by atoms with Crippen molar-refractivity contribution in [1.29, 1.82) is 0 Å². The monoisotopic (exact) mass is 368 g/mol. The molecule has 0 saturated carbocycles. The van der Waals surface area contributed by atoms with Gasteiger partial charge in [0.1, 0.15) is 12.2 Å². The van der Waals surface area contributed by atoms with Gasteiger partial charge in [-0.25, -0.2) is 8.42 Å². The number of para-hydroxylation sites is 2. The van der Waals surface area contributed by atoms with Crippen molar-refractivity contribution in [2.24, 2.45) is 0 Å². The molecule has 1 aromatic carbocycles. The molecule has 1 aliphatic heterocycles. The Labute approximate surface area is 148 Å². The molecule has 1 N–H and O–H groups in total. The number of rotatable bonds is 6. The summed E-state index contributed by atoms with van der Waals surface area (Å²) < 4.78 is 28.7. The first kappa shape index (κ1) is 19.2. The van der Waals surface area contributed by atoms with Gasteiger partial charge in [-0.2, -0.15) is 0 Å². The summed E-state index contributed by atoms with van der Waals surface area (Å²) in [5, 5.41) is 2.68.